The van der Waals surface area contributed by atoms with E-state index in [0.29, 0.717) is 0 Å². The number of alkyl halides is 5. The third-order valence-corrected chi connectivity index (χ3v) is 2.22. The molecule has 0 atom stereocenters. The van der Waals surface area contributed by atoms with E-state index in [1.807, 2.05) is 0 Å². The maximum atomic E-state index is 12.7. The zero-order chi connectivity index (χ0) is 14.3. The molecule has 0 unspecified atom stereocenters. The van der Waals surface area contributed by atoms with Crippen LogP contribution in [0.5, 0.6) is 5.88 Å². The molecule has 0 radical (unpaired) electrons. The average Bonchev–Trinajstić information content (AvgIpc) is 2.72. The summed E-state index contributed by atoms with van der Waals surface area (Å²) >= 11 is 5.46. The lowest BCUT2D eigenvalue weighted by atomic mass is 10.3. The van der Waals surface area contributed by atoms with E-state index in [0.717, 1.165) is 6.20 Å². The minimum atomic E-state index is -5.71. The number of fused-ring (bicyclic) bond motifs is 1. The van der Waals surface area contributed by atoms with Crippen LogP contribution in [0.15, 0.2) is 6.20 Å². The summed E-state index contributed by atoms with van der Waals surface area (Å²) in [7, 11) is 0. The summed E-state index contributed by atoms with van der Waals surface area (Å²) in [6, 6.07) is 0. The third-order valence-electron chi connectivity index (χ3n) is 2.05. The fourth-order valence-corrected chi connectivity index (χ4v) is 1.29. The Morgan fingerprint density at radius 3 is 2.53 bits per heavy atom. The lowest BCUT2D eigenvalue weighted by molar-refractivity contribution is -0.290. The molecule has 19 heavy (non-hydrogen) atoms. The number of aromatic amines is 1. The molecule has 2 aromatic rings. The Morgan fingerprint density at radius 1 is 1.21 bits per heavy atom. The minimum absolute atomic E-state index is 0.0439. The molecule has 0 aliphatic carbocycles. The van der Waals surface area contributed by atoms with Crippen LogP contribution in [0.4, 0.5) is 22.0 Å². The molecule has 0 aliphatic rings. The Balaban J connectivity index is 2.25. The monoisotopic (exact) mass is 302 g/mol. The number of aromatic nitrogens is 4. The predicted molar refractivity (Wildman–Crippen MR) is 53.2 cm³/mol. The molecule has 5 nitrogen and oxygen atoms in total. The van der Waals surface area contributed by atoms with E-state index in [-0.39, 0.29) is 16.3 Å². The van der Waals surface area contributed by atoms with Crippen LogP contribution in [-0.4, -0.2) is 38.9 Å². The van der Waals surface area contributed by atoms with Gasteiger partial charge in [0.15, 0.2) is 12.3 Å². The van der Waals surface area contributed by atoms with Crippen molar-refractivity contribution in [1.29, 1.82) is 0 Å². The van der Waals surface area contributed by atoms with Crippen molar-refractivity contribution in [1.82, 2.24) is 20.2 Å². The second-order valence-corrected chi connectivity index (χ2v) is 3.76. The summed E-state index contributed by atoms with van der Waals surface area (Å²) in [6.45, 7) is -1.91. The quantitative estimate of drug-likeness (QED) is 0.699. The summed E-state index contributed by atoms with van der Waals surface area (Å²) in [5.74, 6) is -5.51. The highest BCUT2D eigenvalue weighted by Gasteiger charge is 2.58. The fraction of sp³-hybridized carbons (Fsp3) is 0.375. The van der Waals surface area contributed by atoms with Crippen molar-refractivity contribution < 1.29 is 26.7 Å². The Labute approximate surface area is 106 Å². The van der Waals surface area contributed by atoms with E-state index in [1.165, 1.54) is 0 Å². The van der Waals surface area contributed by atoms with Gasteiger partial charge in [-0.25, -0.2) is 0 Å². The molecule has 0 saturated carbocycles. The smallest absolute Gasteiger partial charge is 0.456 e. The predicted octanol–water partition coefficient (Wildman–Crippen LogP) is 2.58. The van der Waals surface area contributed by atoms with E-state index in [1.54, 1.807) is 0 Å². The molecule has 2 rings (SSSR count). The second-order valence-electron chi connectivity index (χ2n) is 3.42. The Bertz CT molecular complexity index is 598. The van der Waals surface area contributed by atoms with Crippen LogP contribution >= 0.6 is 11.6 Å². The highest BCUT2D eigenvalue weighted by atomic mass is 35.5. The Kier molecular flexibility index (Phi) is 3.20. The van der Waals surface area contributed by atoms with Crippen molar-refractivity contribution in [3.05, 3.63) is 11.5 Å². The van der Waals surface area contributed by atoms with Crippen molar-refractivity contribution in [3.63, 3.8) is 0 Å². The largest absolute Gasteiger partial charge is 0.470 e. The number of nitrogens with one attached hydrogen (secondary N) is 1. The van der Waals surface area contributed by atoms with Gasteiger partial charge in [0.2, 0.25) is 11.2 Å². The number of hydrogen-bond acceptors (Lipinski definition) is 4. The van der Waals surface area contributed by atoms with Crippen molar-refractivity contribution in [2.24, 2.45) is 0 Å². The second kappa shape index (κ2) is 4.44. The summed E-state index contributed by atoms with van der Waals surface area (Å²) in [6.07, 6.45) is -4.59. The van der Waals surface area contributed by atoms with Crippen LogP contribution in [0.2, 0.25) is 5.28 Å². The molecule has 0 fully saturated rings. The maximum absolute atomic E-state index is 12.7. The van der Waals surface area contributed by atoms with Gasteiger partial charge in [0.25, 0.3) is 0 Å². The van der Waals surface area contributed by atoms with Crippen molar-refractivity contribution in [2.45, 2.75) is 12.1 Å². The maximum Gasteiger partial charge on any atom is 0.456 e. The summed E-state index contributed by atoms with van der Waals surface area (Å²) in [5.41, 5.74) is 0.0605. The number of H-pyrrole nitrogens is 1. The van der Waals surface area contributed by atoms with Gasteiger partial charge in [0, 0.05) is 0 Å². The molecule has 104 valence electrons. The lowest BCUT2D eigenvalue weighted by Crippen LogP contribution is -2.41. The standard InChI is InChI=1S/C8H4ClF5N4O/c9-6-16-4-3(1-15-18-4)5(17-6)19-2-7(10,11)8(12,13)14/h1H,2H2,(H,15,16,17,18). The number of halogens is 6. The average molecular weight is 303 g/mol. The first-order chi connectivity index (χ1) is 8.71. The molecule has 2 aromatic heterocycles. The summed E-state index contributed by atoms with van der Waals surface area (Å²) in [5, 5.41) is 5.54. The van der Waals surface area contributed by atoms with Crippen LogP contribution in [0.3, 0.4) is 0 Å². The van der Waals surface area contributed by atoms with Crippen LogP contribution in [0.25, 0.3) is 11.0 Å². The lowest BCUT2D eigenvalue weighted by Gasteiger charge is -2.19. The molecule has 11 heteroatoms. The molecule has 1 N–H and O–H groups in total. The third kappa shape index (κ3) is 2.67. The number of ether oxygens (including phenoxy) is 1. The first kappa shape index (κ1) is 13.7. The molecule has 0 aromatic carbocycles. The van der Waals surface area contributed by atoms with Gasteiger partial charge < -0.3 is 4.74 Å². The molecule has 0 saturated heterocycles. The molecule has 0 amide bonds. The number of hydrogen-bond donors (Lipinski definition) is 1. The first-order valence-electron chi connectivity index (χ1n) is 4.65. The number of nitrogens with zero attached hydrogens (tertiary/aromatic N) is 3. The van der Waals surface area contributed by atoms with E-state index >= 15 is 0 Å². The van der Waals surface area contributed by atoms with Crippen LogP contribution in [-0.2, 0) is 0 Å². The van der Waals surface area contributed by atoms with E-state index in [4.69, 9.17) is 11.6 Å². The SMILES string of the molecule is FC(F)(F)C(F)(F)COc1nc(Cl)nc2[nH]ncc12. The van der Waals surface area contributed by atoms with Crippen LogP contribution in [0, 0.1) is 0 Å². The van der Waals surface area contributed by atoms with Gasteiger partial charge in [-0.1, -0.05) is 0 Å². The molecule has 0 aliphatic heterocycles. The molecule has 2 heterocycles. The molecular weight excluding hydrogens is 299 g/mol. The summed E-state index contributed by atoms with van der Waals surface area (Å²) < 4.78 is 65.7. The molecular formula is C8H4ClF5N4O. The van der Waals surface area contributed by atoms with Gasteiger partial charge in [-0.15, -0.1) is 0 Å². The van der Waals surface area contributed by atoms with Crippen molar-refractivity contribution in [3.8, 4) is 5.88 Å². The van der Waals surface area contributed by atoms with Crippen molar-refractivity contribution in [2.75, 3.05) is 6.61 Å². The Morgan fingerprint density at radius 2 is 1.89 bits per heavy atom. The molecule has 0 bridgehead atoms. The van der Waals surface area contributed by atoms with Gasteiger partial charge in [0.05, 0.1) is 6.20 Å². The molecule has 0 spiro atoms. The van der Waals surface area contributed by atoms with Crippen LogP contribution in [0.1, 0.15) is 0 Å². The number of rotatable bonds is 3. The van der Waals surface area contributed by atoms with Crippen LogP contribution < -0.4 is 4.74 Å². The topological polar surface area (TPSA) is 63.7 Å². The minimum Gasteiger partial charge on any atom is -0.470 e. The van der Waals surface area contributed by atoms with Gasteiger partial charge in [-0.2, -0.15) is 37.0 Å². The van der Waals surface area contributed by atoms with Gasteiger partial charge in [-0.05, 0) is 11.6 Å². The highest BCUT2D eigenvalue weighted by Crippen LogP contribution is 2.36. The van der Waals surface area contributed by atoms with E-state index < -0.39 is 24.6 Å². The van der Waals surface area contributed by atoms with E-state index in [9.17, 15) is 22.0 Å². The Hall–Kier alpha value is -1.71. The van der Waals surface area contributed by atoms with Crippen molar-refractivity contribution >= 4 is 22.6 Å². The van der Waals surface area contributed by atoms with Gasteiger partial charge >= 0.3 is 12.1 Å². The van der Waals surface area contributed by atoms with E-state index in [2.05, 4.69) is 24.9 Å². The van der Waals surface area contributed by atoms with Gasteiger partial charge in [0.1, 0.15) is 5.39 Å². The first-order valence-corrected chi connectivity index (χ1v) is 5.02. The summed E-state index contributed by atoms with van der Waals surface area (Å²) in [4.78, 5) is 7.07. The highest BCUT2D eigenvalue weighted by molar-refractivity contribution is 6.28. The zero-order valence-corrected chi connectivity index (χ0v) is 9.56. The van der Waals surface area contributed by atoms with Gasteiger partial charge in [-0.3, -0.25) is 5.10 Å². The normalized spacial score (nSPS) is 12.9. The zero-order valence-electron chi connectivity index (χ0n) is 8.80. The fourth-order valence-electron chi connectivity index (χ4n) is 1.13.